The highest BCUT2D eigenvalue weighted by molar-refractivity contribution is 5.99. The number of likely N-dealkylation sites (tertiary alicyclic amines) is 2. The van der Waals surface area contributed by atoms with Gasteiger partial charge in [-0.2, -0.15) is 0 Å². The van der Waals surface area contributed by atoms with Gasteiger partial charge in [0.25, 0.3) is 0 Å². The van der Waals surface area contributed by atoms with Crippen molar-refractivity contribution in [2.24, 2.45) is 11.8 Å². The van der Waals surface area contributed by atoms with Crippen LogP contribution in [0.4, 0.5) is 11.4 Å². The number of rotatable bonds is 8. The summed E-state index contributed by atoms with van der Waals surface area (Å²) in [5, 5.41) is 14.3. The van der Waals surface area contributed by atoms with E-state index >= 15 is 0 Å². The number of hydrogen-bond acceptors (Lipinski definition) is 7. The van der Waals surface area contributed by atoms with Crippen molar-refractivity contribution in [3.8, 4) is 22.9 Å². The number of benzene rings is 2. The second-order valence-electron chi connectivity index (χ2n) is 12.7. The number of nitrogens with zero attached hydrogens (tertiary/aromatic N) is 4. The van der Waals surface area contributed by atoms with Crippen LogP contribution in [0.5, 0.6) is 0 Å². The third kappa shape index (κ3) is 5.95. The van der Waals surface area contributed by atoms with E-state index in [-0.39, 0.29) is 35.5 Å². The normalized spacial score (nSPS) is 21.7. The number of anilines is 2. The second-order valence-corrected chi connectivity index (χ2v) is 12.7. The molecule has 3 aromatic rings. The van der Waals surface area contributed by atoms with Crippen molar-refractivity contribution in [2.75, 3.05) is 23.7 Å². The van der Waals surface area contributed by atoms with Gasteiger partial charge in [0.05, 0.1) is 0 Å². The molecular weight excluding hydrogens is 572 g/mol. The molecule has 0 unspecified atom stereocenters. The first-order valence-electron chi connectivity index (χ1n) is 16.2. The van der Waals surface area contributed by atoms with E-state index in [0.29, 0.717) is 60.2 Å². The third-order valence-corrected chi connectivity index (χ3v) is 9.81. The van der Waals surface area contributed by atoms with Crippen LogP contribution < -0.4 is 10.6 Å². The summed E-state index contributed by atoms with van der Waals surface area (Å²) in [6.07, 6.45) is 8.93. The van der Waals surface area contributed by atoms with Crippen molar-refractivity contribution in [1.82, 2.24) is 20.0 Å². The summed E-state index contributed by atoms with van der Waals surface area (Å²) in [5.74, 6) is 0.764. The summed E-state index contributed by atoms with van der Waals surface area (Å²) in [6, 6.07) is 13.5. The Morgan fingerprint density at radius 2 is 0.978 bits per heavy atom. The molecule has 45 heavy (non-hydrogen) atoms. The molecule has 234 valence electrons. The minimum Gasteiger partial charge on any atom is -0.416 e. The summed E-state index contributed by atoms with van der Waals surface area (Å²) in [7, 11) is 0. The summed E-state index contributed by atoms with van der Waals surface area (Å²) in [6.45, 7) is 1.29. The van der Waals surface area contributed by atoms with E-state index in [9.17, 15) is 19.2 Å². The lowest BCUT2D eigenvalue weighted by Crippen LogP contribution is -2.46. The maximum Gasteiger partial charge on any atom is 0.248 e. The van der Waals surface area contributed by atoms with Crippen molar-refractivity contribution in [3.05, 3.63) is 48.5 Å². The van der Waals surface area contributed by atoms with Gasteiger partial charge in [-0.15, -0.1) is 10.2 Å². The van der Waals surface area contributed by atoms with Crippen LogP contribution in [-0.2, 0) is 19.2 Å². The van der Waals surface area contributed by atoms with Crippen molar-refractivity contribution in [1.29, 1.82) is 0 Å². The first-order chi connectivity index (χ1) is 21.9. The molecule has 2 saturated carbocycles. The molecule has 1 aromatic heterocycles. The molecule has 4 fully saturated rings. The first-order valence-corrected chi connectivity index (χ1v) is 16.2. The largest absolute Gasteiger partial charge is 0.416 e. The Labute approximate surface area is 261 Å². The molecule has 11 nitrogen and oxygen atoms in total. The van der Waals surface area contributed by atoms with E-state index in [1.165, 1.54) is 0 Å². The van der Waals surface area contributed by atoms with Crippen LogP contribution in [0.3, 0.4) is 0 Å². The molecule has 4 amide bonds. The average Bonchev–Trinajstić information content (AvgIpc) is 3.77. The summed E-state index contributed by atoms with van der Waals surface area (Å²) < 4.78 is 5.93. The highest BCUT2D eigenvalue weighted by atomic mass is 16.4. The fourth-order valence-corrected chi connectivity index (χ4v) is 6.69. The van der Waals surface area contributed by atoms with Gasteiger partial charge in [-0.3, -0.25) is 19.2 Å². The quantitative estimate of drug-likeness (QED) is 0.371. The Morgan fingerprint density at radius 3 is 1.33 bits per heavy atom. The molecule has 2 atom stereocenters. The fourth-order valence-electron chi connectivity index (χ4n) is 6.69. The van der Waals surface area contributed by atoms with E-state index < -0.39 is 12.1 Å². The molecule has 2 aromatic carbocycles. The molecule has 0 spiro atoms. The van der Waals surface area contributed by atoms with Crippen LogP contribution in [0.15, 0.2) is 52.9 Å². The average molecular weight is 611 g/mol. The first kappa shape index (κ1) is 29.2. The van der Waals surface area contributed by atoms with Gasteiger partial charge in [-0.05, 0) is 99.9 Å². The van der Waals surface area contributed by atoms with Gasteiger partial charge >= 0.3 is 0 Å². The SMILES string of the molecule is O=C(Nc1ccc(-c2nnc(-c3ccc(NC(=O)[C@@H]4CCCN4C(=O)C4CCC4)cc3)o2)cc1)[C@@H]1CCCN1C(=O)C1CCC1. The second kappa shape index (κ2) is 12.5. The van der Waals surface area contributed by atoms with Crippen LogP contribution in [0.25, 0.3) is 22.9 Å². The maximum atomic E-state index is 13.0. The standard InChI is InChI=1S/C34H38N6O5/c41-29(27-9-3-19-39(27)33(43)23-5-1-6-23)35-25-15-11-21(12-16-25)31-37-38-32(45-31)22-13-17-26(18-14-22)36-30(42)28-10-4-20-40(28)34(44)24-7-2-8-24/h11-18,23-24,27-28H,1-10,19-20H2,(H,35,41)(H,36,42)/t27-,28-/m0/s1. The molecule has 4 aliphatic rings. The Morgan fingerprint density at radius 1 is 0.578 bits per heavy atom. The van der Waals surface area contributed by atoms with Crippen molar-refractivity contribution >= 4 is 35.0 Å². The predicted molar refractivity (Wildman–Crippen MR) is 167 cm³/mol. The number of hydrogen-bond donors (Lipinski definition) is 2. The van der Waals surface area contributed by atoms with Crippen LogP contribution >= 0.6 is 0 Å². The zero-order chi connectivity index (χ0) is 30.9. The fraction of sp³-hybridized carbons (Fsp3) is 0.471. The van der Waals surface area contributed by atoms with Crippen LogP contribution in [-0.4, -0.2) is 68.8 Å². The lowest BCUT2D eigenvalue weighted by molar-refractivity contribution is -0.142. The molecule has 2 saturated heterocycles. The van der Waals surface area contributed by atoms with Crippen LogP contribution in [0.1, 0.15) is 64.2 Å². The highest BCUT2D eigenvalue weighted by Crippen LogP contribution is 2.33. The van der Waals surface area contributed by atoms with Gasteiger partial charge in [0.1, 0.15) is 12.1 Å². The van der Waals surface area contributed by atoms with Gasteiger partial charge in [-0.25, -0.2) is 0 Å². The molecular formula is C34H38N6O5. The zero-order valence-electron chi connectivity index (χ0n) is 25.2. The predicted octanol–water partition coefficient (Wildman–Crippen LogP) is 4.86. The minimum absolute atomic E-state index is 0.0814. The van der Waals surface area contributed by atoms with E-state index in [4.69, 9.17) is 4.42 Å². The summed E-state index contributed by atoms with van der Waals surface area (Å²) in [4.78, 5) is 55.1. The van der Waals surface area contributed by atoms with Crippen molar-refractivity contribution in [2.45, 2.75) is 76.3 Å². The summed E-state index contributed by atoms with van der Waals surface area (Å²) >= 11 is 0. The Hall–Kier alpha value is -4.54. The van der Waals surface area contributed by atoms with E-state index in [1.54, 1.807) is 58.3 Å². The zero-order valence-corrected chi connectivity index (χ0v) is 25.2. The molecule has 2 aliphatic heterocycles. The van der Waals surface area contributed by atoms with Crippen molar-refractivity contribution < 1.29 is 23.6 Å². The molecule has 3 heterocycles. The number of carbonyl (C=O) groups excluding carboxylic acids is 4. The van der Waals surface area contributed by atoms with Gasteiger partial charge in [0.2, 0.25) is 35.4 Å². The smallest absolute Gasteiger partial charge is 0.248 e. The topological polar surface area (TPSA) is 138 Å². The molecule has 2 N–H and O–H groups in total. The minimum atomic E-state index is -0.422. The number of carbonyl (C=O) groups is 4. The van der Waals surface area contributed by atoms with Crippen LogP contribution in [0, 0.1) is 11.8 Å². The summed E-state index contributed by atoms with van der Waals surface area (Å²) in [5.41, 5.74) is 2.68. The van der Waals surface area contributed by atoms with E-state index in [1.807, 2.05) is 0 Å². The lowest BCUT2D eigenvalue weighted by atomic mass is 9.84. The molecule has 2 aliphatic carbocycles. The van der Waals surface area contributed by atoms with Gasteiger partial charge in [0.15, 0.2) is 0 Å². The van der Waals surface area contributed by atoms with Gasteiger partial charge in [0, 0.05) is 47.4 Å². The Kier molecular flexibility index (Phi) is 8.08. The number of aromatic nitrogens is 2. The van der Waals surface area contributed by atoms with Crippen molar-refractivity contribution in [3.63, 3.8) is 0 Å². The van der Waals surface area contributed by atoms with E-state index in [0.717, 1.165) is 51.4 Å². The molecule has 0 radical (unpaired) electrons. The number of nitrogens with one attached hydrogen (secondary N) is 2. The van der Waals surface area contributed by atoms with Gasteiger partial charge < -0.3 is 24.9 Å². The third-order valence-electron chi connectivity index (χ3n) is 9.81. The Balaban J connectivity index is 0.944. The molecule has 11 heteroatoms. The molecule has 7 rings (SSSR count). The Bertz CT molecular complexity index is 1460. The van der Waals surface area contributed by atoms with Gasteiger partial charge in [-0.1, -0.05) is 12.8 Å². The highest BCUT2D eigenvalue weighted by Gasteiger charge is 2.40. The van der Waals surface area contributed by atoms with Crippen LogP contribution in [0.2, 0.25) is 0 Å². The molecule has 0 bridgehead atoms. The maximum absolute atomic E-state index is 13.0. The lowest BCUT2D eigenvalue weighted by Gasteiger charge is -2.32. The van der Waals surface area contributed by atoms with E-state index in [2.05, 4.69) is 20.8 Å². The number of amides is 4. The monoisotopic (exact) mass is 610 g/mol.